The lowest BCUT2D eigenvalue weighted by molar-refractivity contribution is 0.180. The summed E-state index contributed by atoms with van der Waals surface area (Å²) in [7, 11) is 0. The Hall–Kier alpha value is -2.37. The van der Waals surface area contributed by atoms with Gasteiger partial charge >= 0.3 is 6.03 Å². The Kier molecular flexibility index (Phi) is 3.52. The minimum Gasteiger partial charge on any atom is -0.319 e. The number of amides is 2. The number of urea groups is 1. The van der Waals surface area contributed by atoms with Crippen molar-refractivity contribution in [2.75, 3.05) is 5.32 Å². The molecule has 1 atom stereocenters. The summed E-state index contributed by atoms with van der Waals surface area (Å²) in [6.45, 7) is 2.17. The van der Waals surface area contributed by atoms with Gasteiger partial charge < -0.3 is 10.2 Å². The molecule has 6 nitrogen and oxygen atoms in total. The van der Waals surface area contributed by atoms with Gasteiger partial charge in [-0.05, 0) is 50.7 Å². The Morgan fingerprint density at radius 1 is 1.35 bits per heavy atom. The standard InChI is InChI=1S/C17H21N5O/c1-12(13-5-6-13)22(15-7-8-15)17(23)20-14-10-19-21(11-14)16-4-2-3-9-18-16/h2-4,9-13,15H,5-8H2,1H3,(H,20,23). The number of nitrogens with zero attached hydrogens (tertiary/aromatic N) is 4. The van der Waals surface area contributed by atoms with E-state index in [0.29, 0.717) is 23.7 Å². The van der Waals surface area contributed by atoms with Crippen molar-refractivity contribution in [3.63, 3.8) is 0 Å². The molecule has 2 aliphatic rings. The molecule has 4 rings (SSSR count). The average Bonchev–Trinajstić information content (AvgIpc) is 3.47. The van der Waals surface area contributed by atoms with E-state index in [1.807, 2.05) is 23.1 Å². The molecular formula is C17H21N5O. The molecule has 23 heavy (non-hydrogen) atoms. The smallest absolute Gasteiger partial charge is 0.319 e. The SMILES string of the molecule is CC(C1CC1)N(C(=O)Nc1cnn(-c2ccccn2)c1)C1CC1. The summed E-state index contributed by atoms with van der Waals surface area (Å²) in [5.74, 6) is 1.41. The van der Waals surface area contributed by atoms with Crippen molar-refractivity contribution in [1.29, 1.82) is 0 Å². The largest absolute Gasteiger partial charge is 0.322 e. The van der Waals surface area contributed by atoms with E-state index in [1.165, 1.54) is 12.8 Å². The van der Waals surface area contributed by atoms with Crippen LogP contribution in [0.3, 0.4) is 0 Å². The number of aromatic nitrogens is 3. The fraction of sp³-hybridized carbons (Fsp3) is 0.471. The number of carbonyl (C=O) groups excluding carboxylic acids is 1. The van der Waals surface area contributed by atoms with Gasteiger partial charge in [-0.25, -0.2) is 14.5 Å². The molecule has 2 aromatic rings. The molecule has 2 saturated carbocycles. The topological polar surface area (TPSA) is 63.1 Å². The zero-order chi connectivity index (χ0) is 15.8. The fourth-order valence-electron chi connectivity index (χ4n) is 3.03. The number of hydrogen-bond donors (Lipinski definition) is 1. The van der Waals surface area contributed by atoms with Crippen LogP contribution in [0, 0.1) is 5.92 Å². The average molecular weight is 311 g/mol. The predicted octanol–water partition coefficient (Wildman–Crippen LogP) is 3.06. The maximum Gasteiger partial charge on any atom is 0.322 e. The molecule has 0 aromatic carbocycles. The number of pyridine rings is 1. The Morgan fingerprint density at radius 3 is 2.83 bits per heavy atom. The molecule has 6 heteroatoms. The molecule has 1 unspecified atom stereocenters. The minimum atomic E-state index is -0.00697. The Labute approximate surface area is 135 Å². The van der Waals surface area contributed by atoms with Gasteiger partial charge in [0.15, 0.2) is 5.82 Å². The van der Waals surface area contributed by atoms with Crippen molar-refractivity contribution in [3.8, 4) is 5.82 Å². The van der Waals surface area contributed by atoms with E-state index < -0.39 is 0 Å². The Morgan fingerprint density at radius 2 is 2.17 bits per heavy atom. The molecule has 0 spiro atoms. The Balaban J connectivity index is 1.46. The molecule has 0 aliphatic heterocycles. The maximum absolute atomic E-state index is 12.7. The predicted molar refractivity (Wildman–Crippen MR) is 87.4 cm³/mol. The maximum atomic E-state index is 12.7. The van der Waals surface area contributed by atoms with Crippen molar-refractivity contribution in [2.24, 2.45) is 5.92 Å². The molecule has 2 fully saturated rings. The summed E-state index contributed by atoms with van der Waals surface area (Å²) in [4.78, 5) is 19.0. The third-order valence-corrected chi connectivity index (χ3v) is 4.64. The second kappa shape index (κ2) is 5.68. The highest BCUT2D eigenvalue weighted by atomic mass is 16.2. The molecule has 2 heterocycles. The molecule has 2 amide bonds. The second-order valence-electron chi connectivity index (χ2n) is 6.51. The van der Waals surface area contributed by atoms with Gasteiger partial charge in [-0.3, -0.25) is 0 Å². The van der Waals surface area contributed by atoms with Crippen LogP contribution in [-0.2, 0) is 0 Å². The zero-order valence-corrected chi connectivity index (χ0v) is 13.2. The van der Waals surface area contributed by atoms with Gasteiger partial charge in [0.25, 0.3) is 0 Å². The number of carbonyl (C=O) groups is 1. The summed E-state index contributed by atoms with van der Waals surface area (Å²) in [5.41, 5.74) is 0.703. The van der Waals surface area contributed by atoms with Crippen molar-refractivity contribution in [1.82, 2.24) is 19.7 Å². The lowest BCUT2D eigenvalue weighted by Crippen LogP contribution is -2.44. The van der Waals surface area contributed by atoms with Crippen LogP contribution < -0.4 is 5.32 Å². The van der Waals surface area contributed by atoms with Crippen LogP contribution in [0.5, 0.6) is 0 Å². The summed E-state index contributed by atoms with van der Waals surface area (Å²) in [5, 5.41) is 7.27. The van der Waals surface area contributed by atoms with Crippen LogP contribution in [0.15, 0.2) is 36.8 Å². The lowest BCUT2D eigenvalue weighted by atomic mass is 10.2. The van der Waals surface area contributed by atoms with Gasteiger partial charge in [0.05, 0.1) is 18.1 Å². The lowest BCUT2D eigenvalue weighted by Gasteiger charge is -2.29. The van der Waals surface area contributed by atoms with Crippen molar-refractivity contribution >= 4 is 11.7 Å². The molecular weight excluding hydrogens is 290 g/mol. The third kappa shape index (κ3) is 3.06. The van der Waals surface area contributed by atoms with E-state index in [4.69, 9.17) is 0 Å². The summed E-state index contributed by atoms with van der Waals surface area (Å²) < 4.78 is 1.67. The number of anilines is 1. The molecule has 1 N–H and O–H groups in total. The summed E-state index contributed by atoms with van der Waals surface area (Å²) in [6, 6.07) is 6.39. The number of nitrogens with one attached hydrogen (secondary N) is 1. The normalized spacial score (nSPS) is 18.5. The first kappa shape index (κ1) is 14.2. The van der Waals surface area contributed by atoms with Crippen molar-refractivity contribution in [3.05, 3.63) is 36.8 Å². The van der Waals surface area contributed by atoms with Gasteiger partial charge in [0.1, 0.15) is 0 Å². The first-order chi connectivity index (χ1) is 11.2. The highest BCUT2D eigenvalue weighted by molar-refractivity contribution is 5.89. The first-order valence-corrected chi connectivity index (χ1v) is 8.28. The molecule has 0 bridgehead atoms. The van der Waals surface area contributed by atoms with Crippen LogP contribution in [0.2, 0.25) is 0 Å². The molecule has 0 saturated heterocycles. The van der Waals surface area contributed by atoms with Gasteiger partial charge in [-0.2, -0.15) is 5.10 Å². The van der Waals surface area contributed by atoms with Gasteiger partial charge in [-0.1, -0.05) is 6.07 Å². The van der Waals surface area contributed by atoms with Gasteiger partial charge in [0, 0.05) is 18.3 Å². The van der Waals surface area contributed by atoms with E-state index in [9.17, 15) is 4.79 Å². The summed E-state index contributed by atoms with van der Waals surface area (Å²) >= 11 is 0. The van der Waals surface area contributed by atoms with Crippen LogP contribution >= 0.6 is 0 Å². The molecule has 2 aromatic heterocycles. The van der Waals surface area contributed by atoms with Crippen LogP contribution in [0.25, 0.3) is 5.82 Å². The fourth-order valence-corrected chi connectivity index (χ4v) is 3.03. The van der Waals surface area contributed by atoms with Crippen molar-refractivity contribution < 1.29 is 4.79 Å². The molecule has 2 aliphatic carbocycles. The van der Waals surface area contributed by atoms with E-state index in [-0.39, 0.29) is 6.03 Å². The van der Waals surface area contributed by atoms with Gasteiger partial charge in [-0.15, -0.1) is 0 Å². The highest BCUT2D eigenvalue weighted by Gasteiger charge is 2.41. The zero-order valence-electron chi connectivity index (χ0n) is 13.2. The van der Waals surface area contributed by atoms with E-state index in [0.717, 1.165) is 18.7 Å². The summed E-state index contributed by atoms with van der Waals surface area (Å²) in [6.07, 6.45) is 9.92. The van der Waals surface area contributed by atoms with Crippen LogP contribution in [0.4, 0.5) is 10.5 Å². The third-order valence-electron chi connectivity index (χ3n) is 4.64. The second-order valence-corrected chi connectivity index (χ2v) is 6.51. The van der Waals surface area contributed by atoms with Crippen molar-refractivity contribution in [2.45, 2.75) is 44.7 Å². The van der Waals surface area contributed by atoms with E-state index in [2.05, 4.69) is 22.3 Å². The monoisotopic (exact) mass is 311 g/mol. The van der Waals surface area contributed by atoms with Crippen LogP contribution in [-0.4, -0.2) is 37.8 Å². The Bertz CT molecular complexity index is 690. The van der Waals surface area contributed by atoms with Crippen LogP contribution in [0.1, 0.15) is 32.6 Å². The first-order valence-electron chi connectivity index (χ1n) is 8.28. The molecule has 0 radical (unpaired) electrons. The number of rotatable bonds is 5. The van der Waals surface area contributed by atoms with E-state index >= 15 is 0 Å². The van der Waals surface area contributed by atoms with Gasteiger partial charge in [0.2, 0.25) is 0 Å². The van der Waals surface area contributed by atoms with E-state index in [1.54, 1.807) is 23.3 Å². The molecule has 120 valence electrons. The number of hydrogen-bond acceptors (Lipinski definition) is 3. The minimum absolute atomic E-state index is 0.00697. The quantitative estimate of drug-likeness (QED) is 0.923. The highest BCUT2D eigenvalue weighted by Crippen LogP contribution is 2.39.